The van der Waals surface area contributed by atoms with Crippen LogP contribution in [-0.2, 0) is 11.2 Å². The van der Waals surface area contributed by atoms with Crippen LogP contribution in [0.1, 0.15) is 22.9 Å². The van der Waals surface area contributed by atoms with Crippen LogP contribution in [0.2, 0.25) is 5.02 Å². The number of nitrogens with zero attached hydrogens (tertiary/aromatic N) is 2. The molecule has 2 atom stereocenters. The summed E-state index contributed by atoms with van der Waals surface area (Å²) in [5.74, 6) is 0.569. The lowest BCUT2D eigenvalue weighted by atomic mass is 9.89. The third kappa shape index (κ3) is 2.98. The lowest BCUT2D eigenvalue weighted by Gasteiger charge is -2.37. The molecule has 0 radical (unpaired) electrons. The van der Waals surface area contributed by atoms with Crippen LogP contribution < -0.4 is 9.64 Å². The van der Waals surface area contributed by atoms with Gasteiger partial charge in [-0.2, -0.15) is 0 Å². The summed E-state index contributed by atoms with van der Waals surface area (Å²) < 4.78 is 5.54. The van der Waals surface area contributed by atoms with E-state index >= 15 is 0 Å². The number of nitrogens with one attached hydrogen (secondary N) is 1. The number of benzene rings is 3. The molecule has 3 heterocycles. The van der Waals surface area contributed by atoms with E-state index in [9.17, 15) is 4.79 Å². The first-order chi connectivity index (χ1) is 16.1. The zero-order valence-electron chi connectivity index (χ0n) is 17.8. The van der Waals surface area contributed by atoms with Crippen molar-refractivity contribution in [3.8, 4) is 5.75 Å². The summed E-state index contributed by atoms with van der Waals surface area (Å²) in [6, 6.07) is 22.8. The fourth-order valence-corrected chi connectivity index (χ4v) is 5.65. The van der Waals surface area contributed by atoms with E-state index in [1.807, 2.05) is 60.7 Å². The maximum atomic E-state index is 13.8. The Hall–Kier alpha value is -3.35. The quantitative estimate of drug-likeness (QED) is 0.400. The van der Waals surface area contributed by atoms with Gasteiger partial charge in [-0.25, -0.2) is 0 Å². The first-order valence-corrected chi connectivity index (χ1v) is 11.5. The number of methoxy groups -OCH3 is 1. The number of carbonyl (C=O) groups excluding carboxylic acids is 1. The minimum Gasteiger partial charge on any atom is -0.495 e. The predicted octanol–water partition coefficient (Wildman–Crippen LogP) is 5.48. The second-order valence-electron chi connectivity index (χ2n) is 8.27. The Balaban J connectivity index is 1.55. The van der Waals surface area contributed by atoms with Crippen LogP contribution in [0.4, 0.5) is 5.69 Å². The number of hydrogen-bond donors (Lipinski definition) is 1. The number of carbonyl (C=O) groups is 1. The smallest absolute Gasteiger partial charge is 0.256 e. The van der Waals surface area contributed by atoms with E-state index < -0.39 is 6.04 Å². The van der Waals surface area contributed by atoms with Gasteiger partial charge in [0, 0.05) is 28.0 Å². The van der Waals surface area contributed by atoms with Gasteiger partial charge >= 0.3 is 0 Å². The molecule has 2 aliphatic rings. The molecule has 0 saturated carbocycles. The van der Waals surface area contributed by atoms with Crippen molar-refractivity contribution in [1.29, 1.82) is 0 Å². The van der Waals surface area contributed by atoms with Crippen molar-refractivity contribution in [3.05, 3.63) is 94.6 Å². The molecule has 1 saturated heterocycles. The van der Waals surface area contributed by atoms with Crippen LogP contribution >= 0.6 is 23.8 Å². The van der Waals surface area contributed by atoms with Crippen molar-refractivity contribution in [2.24, 2.45) is 0 Å². The Morgan fingerprint density at radius 3 is 2.55 bits per heavy atom. The molecule has 1 N–H and O–H groups in total. The number of aromatic amines is 1. The average Bonchev–Trinajstić information content (AvgIpc) is 3.33. The Morgan fingerprint density at radius 1 is 1.03 bits per heavy atom. The van der Waals surface area contributed by atoms with E-state index in [0.717, 1.165) is 27.7 Å². The van der Waals surface area contributed by atoms with Crippen LogP contribution in [0.25, 0.3) is 10.9 Å². The molecule has 2 aliphatic heterocycles. The topological polar surface area (TPSA) is 48.6 Å². The number of anilines is 1. The molecule has 1 aromatic heterocycles. The molecule has 3 aromatic carbocycles. The van der Waals surface area contributed by atoms with E-state index in [2.05, 4.69) is 22.0 Å². The highest BCUT2D eigenvalue weighted by Gasteiger charge is 2.51. The van der Waals surface area contributed by atoms with Crippen LogP contribution in [0.15, 0.2) is 72.8 Å². The van der Waals surface area contributed by atoms with Gasteiger partial charge in [-0.05, 0) is 53.7 Å². The lowest BCUT2D eigenvalue weighted by molar-refractivity contribution is -0.120. The monoisotopic (exact) mass is 473 g/mol. The Labute approximate surface area is 201 Å². The molecule has 0 spiro atoms. The maximum absolute atomic E-state index is 13.8. The van der Waals surface area contributed by atoms with Gasteiger partial charge in [0.1, 0.15) is 11.8 Å². The molecule has 4 aromatic rings. The summed E-state index contributed by atoms with van der Waals surface area (Å²) in [7, 11) is 1.60. The molecule has 6 rings (SSSR count). The zero-order chi connectivity index (χ0) is 22.7. The van der Waals surface area contributed by atoms with Gasteiger partial charge in [0.05, 0.1) is 18.8 Å². The van der Waals surface area contributed by atoms with Crippen LogP contribution in [-0.4, -0.2) is 34.1 Å². The van der Waals surface area contributed by atoms with Crippen molar-refractivity contribution in [2.75, 3.05) is 12.0 Å². The first kappa shape index (κ1) is 20.3. The van der Waals surface area contributed by atoms with Gasteiger partial charge < -0.3 is 14.6 Å². The van der Waals surface area contributed by atoms with Crippen molar-refractivity contribution >= 4 is 51.4 Å². The SMILES string of the molecule is COc1ccccc1N1C(=O)[C@H]2Cc3c([nH]c4ccccc34)[C@@H](c3ccc(Cl)cc3)N2C1=S. The highest BCUT2D eigenvalue weighted by atomic mass is 35.5. The number of hydrogen-bond acceptors (Lipinski definition) is 3. The molecule has 0 unspecified atom stereocenters. The third-order valence-electron chi connectivity index (χ3n) is 6.56. The van der Waals surface area contributed by atoms with Gasteiger partial charge in [-0.1, -0.05) is 54.1 Å². The van der Waals surface area contributed by atoms with E-state index in [-0.39, 0.29) is 11.9 Å². The third-order valence-corrected chi connectivity index (χ3v) is 7.21. The van der Waals surface area contributed by atoms with Crippen LogP contribution in [0.5, 0.6) is 5.75 Å². The normalized spacial score (nSPS) is 19.7. The highest BCUT2D eigenvalue weighted by molar-refractivity contribution is 7.80. The molecule has 7 heteroatoms. The van der Waals surface area contributed by atoms with Crippen molar-refractivity contribution in [2.45, 2.75) is 18.5 Å². The molecule has 33 heavy (non-hydrogen) atoms. The summed E-state index contributed by atoms with van der Waals surface area (Å²) in [5.41, 5.74) is 4.96. The number of H-pyrrole nitrogens is 1. The van der Waals surface area contributed by atoms with Gasteiger partial charge in [0.25, 0.3) is 5.91 Å². The molecular formula is C26H20ClN3O2S. The first-order valence-electron chi connectivity index (χ1n) is 10.7. The molecular weight excluding hydrogens is 454 g/mol. The number of fused-ring (bicyclic) bond motifs is 4. The molecule has 1 fully saturated rings. The molecule has 164 valence electrons. The summed E-state index contributed by atoms with van der Waals surface area (Å²) in [5, 5.41) is 2.28. The Morgan fingerprint density at radius 2 is 1.76 bits per heavy atom. The number of para-hydroxylation sites is 3. The summed E-state index contributed by atoms with van der Waals surface area (Å²) in [6.45, 7) is 0. The minimum atomic E-state index is -0.408. The van der Waals surface area contributed by atoms with Crippen molar-refractivity contribution < 1.29 is 9.53 Å². The minimum absolute atomic E-state index is 0.0422. The Kier molecular flexibility index (Phi) is 4.67. The van der Waals surface area contributed by atoms with Gasteiger partial charge in [-0.3, -0.25) is 9.69 Å². The van der Waals surface area contributed by atoms with Crippen molar-refractivity contribution in [3.63, 3.8) is 0 Å². The molecule has 0 bridgehead atoms. The van der Waals surface area contributed by atoms with Crippen LogP contribution in [0.3, 0.4) is 0 Å². The molecule has 5 nitrogen and oxygen atoms in total. The number of ether oxygens (including phenoxy) is 1. The number of rotatable bonds is 3. The van der Waals surface area contributed by atoms with Crippen LogP contribution in [0, 0.1) is 0 Å². The van der Waals surface area contributed by atoms with E-state index in [1.54, 1.807) is 12.0 Å². The van der Waals surface area contributed by atoms with Gasteiger partial charge in [-0.15, -0.1) is 0 Å². The molecule has 1 amide bonds. The predicted molar refractivity (Wildman–Crippen MR) is 134 cm³/mol. The van der Waals surface area contributed by atoms with E-state index in [0.29, 0.717) is 28.0 Å². The summed E-state index contributed by atoms with van der Waals surface area (Å²) in [4.78, 5) is 21.1. The lowest BCUT2D eigenvalue weighted by Crippen LogP contribution is -2.44. The average molecular weight is 474 g/mol. The fraction of sp³-hybridized carbons (Fsp3) is 0.154. The summed E-state index contributed by atoms with van der Waals surface area (Å²) >= 11 is 12.1. The van der Waals surface area contributed by atoms with E-state index in [4.69, 9.17) is 28.6 Å². The van der Waals surface area contributed by atoms with E-state index in [1.165, 1.54) is 0 Å². The van der Waals surface area contributed by atoms with Crippen molar-refractivity contribution in [1.82, 2.24) is 9.88 Å². The highest BCUT2D eigenvalue weighted by Crippen LogP contribution is 2.46. The number of thiocarbonyl (C=S) groups is 1. The van der Waals surface area contributed by atoms with Gasteiger partial charge in [0.15, 0.2) is 5.11 Å². The fourth-order valence-electron chi connectivity index (χ4n) is 5.10. The van der Waals surface area contributed by atoms with Gasteiger partial charge in [0.2, 0.25) is 0 Å². The number of amides is 1. The second kappa shape index (κ2) is 7.61. The zero-order valence-corrected chi connectivity index (χ0v) is 19.4. The largest absolute Gasteiger partial charge is 0.495 e. The number of halogens is 1. The standard InChI is InChI=1S/C26H20ClN3O2S/c1-32-22-9-5-4-8-20(22)30-25(31)21-14-18-17-6-2-3-7-19(17)28-23(18)24(29(21)26(30)33)15-10-12-16(27)13-11-15/h2-13,21,24,28H,14H2,1H3/t21-,24-/m1/s1. The Bertz CT molecular complexity index is 1410. The second-order valence-corrected chi connectivity index (χ2v) is 9.07. The maximum Gasteiger partial charge on any atom is 0.256 e. The number of aromatic nitrogens is 1. The molecule has 0 aliphatic carbocycles. The summed E-state index contributed by atoms with van der Waals surface area (Å²) in [6.07, 6.45) is 0.577.